The van der Waals surface area contributed by atoms with Crippen LogP contribution in [0.1, 0.15) is 0 Å². The number of nitrogens with one attached hydrogen (secondary N) is 2. The lowest BCUT2D eigenvalue weighted by Crippen LogP contribution is -2.37. The highest BCUT2D eigenvalue weighted by Crippen LogP contribution is 2.21. The molecule has 2 N–H and O–H groups in total. The largest absolute Gasteiger partial charge is 0.325 e. The fourth-order valence-electron chi connectivity index (χ4n) is 2.62. The van der Waals surface area contributed by atoms with Crippen LogP contribution in [-0.2, 0) is 24.8 Å². The second-order valence-corrected chi connectivity index (χ2v) is 10.2. The molecule has 2 aromatic carbocycles. The van der Waals surface area contributed by atoms with Crippen LogP contribution in [0.2, 0.25) is 0 Å². The van der Waals surface area contributed by atoms with E-state index in [0.717, 1.165) is 18.4 Å². The van der Waals surface area contributed by atoms with Crippen LogP contribution >= 0.6 is 0 Å². The smallest absolute Gasteiger partial charge is 0.264 e. The van der Waals surface area contributed by atoms with Crippen molar-refractivity contribution in [3.05, 3.63) is 72.6 Å². The fourth-order valence-corrected chi connectivity index (χ4v) is 4.43. The van der Waals surface area contributed by atoms with Gasteiger partial charge in [-0.2, -0.15) is 0 Å². The zero-order valence-electron chi connectivity index (χ0n) is 16.9. The van der Waals surface area contributed by atoms with E-state index >= 15 is 0 Å². The first kappa shape index (κ1) is 24.0. The number of amides is 1. The molecule has 0 spiro atoms. The highest BCUT2D eigenvalue weighted by atomic mass is 32.2. The van der Waals surface area contributed by atoms with Crippen molar-refractivity contribution in [2.24, 2.45) is 0 Å². The summed E-state index contributed by atoms with van der Waals surface area (Å²) in [6.45, 7) is -0.725. The molecule has 0 radical (unpaired) electrons. The maximum atomic E-state index is 13.5. The number of halogens is 2. The summed E-state index contributed by atoms with van der Waals surface area (Å²) >= 11 is 0. The number of carbonyl (C=O) groups is 1. The fraction of sp³-hybridized carbons (Fsp3) is 0.105. The van der Waals surface area contributed by atoms with Gasteiger partial charge in [0.25, 0.3) is 10.0 Å². The molecule has 1 heterocycles. The quantitative estimate of drug-likeness (QED) is 0.485. The Hall–Kier alpha value is -3.65. The van der Waals surface area contributed by atoms with Gasteiger partial charge in [-0.25, -0.2) is 40.3 Å². The summed E-state index contributed by atoms with van der Waals surface area (Å²) < 4.78 is 78.4. The number of nitrogens with zero attached hydrogens (tertiary/aromatic N) is 3. The minimum Gasteiger partial charge on any atom is -0.325 e. The molecule has 0 fully saturated rings. The first-order valence-electron chi connectivity index (χ1n) is 9.08. The van der Waals surface area contributed by atoms with Crippen molar-refractivity contribution in [1.82, 2.24) is 9.97 Å². The van der Waals surface area contributed by atoms with Crippen molar-refractivity contribution in [2.45, 2.75) is 4.90 Å². The van der Waals surface area contributed by atoms with Crippen molar-refractivity contribution in [1.29, 1.82) is 0 Å². The molecule has 0 atom stereocenters. The molecule has 1 amide bonds. The van der Waals surface area contributed by atoms with Gasteiger partial charge >= 0.3 is 0 Å². The van der Waals surface area contributed by atoms with E-state index < -0.39 is 44.1 Å². The van der Waals surface area contributed by atoms with E-state index in [9.17, 15) is 30.4 Å². The third-order valence-corrected chi connectivity index (χ3v) is 6.60. The van der Waals surface area contributed by atoms with E-state index in [1.807, 2.05) is 0 Å². The molecule has 0 bridgehead atoms. The van der Waals surface area contributed by atoms with Gasteiger partial charge in [0, 0.05) is 24.1 Å². The minimum absolute atomic E-state index is 0.118. The van der Waals surface area contributed by atoms with E-state index in [2.05, 4.69) is 20.0 Å². The number of anilines is 3. The van der Waals surface area contributed by atoms with E-state index in [1.165, 1.54) is 42.7 Å². The number of carbonyl (C=O) groups excluding carboxylic acids is 1. The number of rotatable bonds is 8. The summed E-state index contributed by atoms with van der Waals surface area (Å²) in [7, 11) is -7.99. The van der Waals surface area contributed by atoms with Crippen LogP contribution in [0.15, 0.2) is 65.8 Å². The van der Waals surface area contributed by atoms with Gasteiger partial charge in [0.05, 0.1) is 16.8 Å². The second kappa shape index (κ2) is 9.46. The SMILES string of the molecule is CS(=O)(=O)N(CC(=O)Nc1ccc(S(=O)(=O)Nc2ncccn2)cc1)c1ccc(F)c(F)c1. The van der Waals surface area contributed by atoms with Crippen molar-refractivity contribution >= 4 is 43.3 Å². The average Bonchev–Trinajstić information content (AvgIpc) is 2.74. The van der Waals surface area contributed by atoms with Crippen molar-refractivity contribution < 1.29 is 30.4 Å². The third-order valence-electron chi connectivity index (χ3n) is 4.12. The molecule has 14 heteroatoms. The van der Waals surface area contributed by atoms with Gasteiger partial charge in [-0.15, -0.1) is 0 Å². The minimum atomic E-state index is -4.01. The molecule has 0 aliphatic rings. The average molecular weight is 498 g/mol. The zero-order valence-corrected chi connectivity index (χ0v) is 18.6. The Morgan fingerprint density at radius 2 is 1.61 bits per heavy atom. The number of benzene rings is 2. The lowest BCUT2D eigenvalue weighted by atomic mass is 10.3. The maximum absolute atomic E-state index is 13.5. The van der Waals surface area contributed by atoms with Gasteiger partial charge in [-0.3, -0.25) is 9.10 Å². The standard InChI is InChI=1S/C19H17F2N5O5S2/c1-32(28,29)26(14-5-8-16(20)17(21)11-14)12-18(27)24-13-3-6-15(7-4-13)33(30,31)25-19-22-9-2-10-23-19/h2-11H,12H2,1H3,(H,24,27)(H,22,23,25). The Morgan fingerprint density at radius 1 is 0.970 bits per heavy atom. The molecular weight excluding hydrogens is 480 g/mol. The lowest BCUT2D eigenvalue weighted by Gasteiger charge is -2.22. The summed E-state index contributed by atoms with van der Waals surface area (Å²) in [5.74, 6) is -3.35. The van der Waals surface area contributed by atoms with E-state index in [-0.39, 0.29) is 22.2 Å². The van der Waals surface area contributed by atoms with Crippen molar-refractivity contribution in [3.8, 4) is 0 Å². The maximum Gasteiger partial charge on any atom is 0.264 e. The van der Waals surface area contributed by atoms with Gasteiger partial charge in [0.1, 0.15) is 6.54 Å². The van der Waals surface area contributed by atoms with Gasteiger partial charge in [-0.05, 0) is 42.5 Å². The van der Waals surface area contributed by atoms with Crippen LogP contribution in [0, 0.1) is 11.6 Å². The summed E-state index contributed by atoms with van der Waals surface area (Å²) in [4.78, 5) is 19.8. The molecular formula is C19H17F2N5O5S2. The molecule has 3 aromatic rings. The number of hydrogen-bond acceptors (Lipinski definition) is 7. The van der Waals surface area contributed by atoms with Crippen LogP contribution in [0.3, 0.4) is 0 Å². The summed E-state index contributed by atoms with van der Waals surface area (Å²) in [5.41, 5.74) is -0.0594. The lowest BCUT2D eigenvalue weighted by molar-refractivity contribution is -0.114. The van der Waals surface area contributed by atoms with Crippen LogP contribution in [0.5, 0.6) is 0 Å². The van der Waals surface area contributed by atoms with Crippen molar-refractivity contribution in [2.75, 3.05) is 27.1 Å². The molecule has 174 valence electrons. The third kappa shape index (κ3) is 6.20. The molecule has 1 aromatic heterocycles. The van der Waals surface area contributed by atoms with Gasteiger partial charge in [-0.1, -0.05) is 0 Å². The molecule has 0 saturated carbocycles. The van der Waals surface area contributed by atoms with Crippen LogP contribution in [0.4, 0.5) is 26.1 Å². The van der Waals surface area contributed by atoms with E-state index in [0.29, 0.717) is 10.4 Å². The highest BCUT2D eigenvalue weighted by molar-refractivity contribution is 7.92. The molecule has 3 rings (SSSR count). The Kier molecular flexibility index (Phi) is 6.88. The molecule has 10 nitrogen and oxygen atoms in total. The normalized spacial score (nSPS) is 11.6. The highest BCUT2D eigenvalue weighted by Gasteiger charge is 2.22. The number of aromatic nitrogens is 2. The molecule has 0 saturated heterocycles. The van der Waals surface area contributed by atoms with Crippen molar-refractivity contribution in [3.63, 3.8) is 0 Å². The predicted molar refractivity (Wildman–Crippen MR) is 116 cm³/mol. The topological polar surface area (TPSA) is 138 Å². The summed E-state index contributed by atoms with van der Waals surface area (Å²) in [5, 5.41) is 2.42. The van der Waals surface area contributed by atoms with E-state index in [1.54, 1.807) is 0 Å². The Labute approximate surface area is 188 Å². The monoisotopic (exact) mass is 497 g/mol. The van der Waals surface area contributed by atoms with Gasteiger partial charge < -0.3 is 5.32 Å². The Bertz CT molecular complexity index is 1370. The van der Waals surface area contributed by atoms with Gasteiger partial charge in [0.15, 0.2) is 11.6 Å². The second-order valence-electron chi connectivity index (χ2n) is 6.62. The molecule has 0 unspecified atom stereocenters. The number of sulfonamides is 2. The summed E-state index contributed by atoms with van der Waals surface area (Å²) in [6, 6.07) is 8.96. The van der Waals surface area contributed by atoms with Crippen LogP contribution in [-0.4, -0.2) is 45.5 Å². The predicted octanol–water partition coefficient (Wildman–Crippen LogP) is 1.96. The van der Waals surface area contributed by atoms with Gasteiger partial charge in [0.2, 0.25) is 21.9 Å². The van der Waals surface area contributed by atoms with E-state index in [4.69, 9.17) is 0 Å². The first-order chi connectivity index (χ1) is 15.5. The van der Waals surface area contributed by atoms with Crippen LogP contribution < -0.4 is 14.3 Å². The molecule has 33 heavy (non-hydrogen) atoms. The molecule has 0 aliphatic heterocycles. The Balaban J connectivity index is 1.72. The Morgan fingerprint density at radius 3 is 2.18 bits per heavy atom. The summed E-state index contributed by atoms with van der Waals surface area (Å²) in [6.07, 6.45) is 3.54. The zero-order chi connectivity index (χ0) is 24.2. The number of hydrogen-bond donors (Lipinski definition) is 2. The van der Waals surface area contributed by atoms with Crippen LogP contribution in [0.25, 0.3) is 0 Å². The molecule has 0 aliphatic carbocycles. The first-order valence-corrected chi connectivity index (χ1v) is 12.4.